The van der Waals surface area contributed by atoms with Crippen molar-refractivity contribution in [1.29, 1.82) is 0 Å². The molecule has 3 amide bonds. The molecule has 0 atom stereocenters. The summed E-state index contributed by atoms with van der Waals surface area (Å²) in [5.74, 6) is 1.65. The van der Waals surface area contributed by atoms with Crippen molar-refractivity contribution in [1.82, 2.24) is 25.3 Å². The highest BCUT2D eigenvalue weighted by Crippen LogP contribution is 2.14. The van der Waals surface area contributed by atoms with E-state index in [9.17, 15) is 9.59 Å². The topological polar surface area (TPSA) is 91.6 Å². The van der Waals surface area contributed by atoms with Crippen LogP contribution in [0.5, 0.6) is 0 Å². The van der Waals surface area contributed by atoms with Gasteiger partial charge in [-0.05, 0) is 12.8 Å². The Hall–Kier alpha value is -2.12. The molecule has 0 bridgehead atoms. The molecule has 26 heavy (non-hydrogen) atoms. The largest absolute Gasteiger partial charge is 0.342 e. The van der Waals surface area contributed by atoms with E-state index >= 15 is 0 Å². The molecule has 1 aliphatic heterocycles. The quantitative estimate of drug-likeness (QED) is 0.833. The number of urea groups is 1. The molecule has 2 heterocycles. The van der Waals surface area contributed by atoms with E-state index in [-0.39, 0.29) is 29.8 Å². The molecule has 0 aliphatic carbocycles. The normalized spacial score (nSPS) is 15.6. The molecular weight excluding hydrogens is 334 g/mol. The van der Waals surface area contributed by atoms with Gasteiger partial charge in [0.25, 0.3) is 0 Å². The smallest absolute Gasteiger partial charge is 0.317 e. The Kier molecular flexibility index (Phi) is 6.99. The molecule has 8 nitrogen and oxygen atoms in total. The Balaban J connectivity index is 1.72. The van der Waals surface area contributed by atoms with Gasteiger partial charge in [0.05, 0.1) is 0 Å². The molecule has 1 aromatic heterocycles. The molecule has 2 rings (SSSR count). The first-order valence-corrected chi connectivity index (χ1v) is 9.40. The number of nitrogens with one attached hydrogen (secondary N) is 1. The van der Waals surface area contributed by atoms with Crippen LogP contribution in [0.1, 0.15) is 58.2 Å². The Morgan fingerprint density at radius 3 is 2.46 bits per heavy atom. The molecule has 0 spiro atoms. The molecule has 1 fully saturated rings. The zero-order valence-corrected chi connectivity index (χ0v) is 16.5. The highest BCUT2D eigenvalue weighted by molar-refractivity contribution is 5.78. The van der Waals surface area contributed by atoms with Crippen molar-refractivity contribution in [3.63, 3.8) is 0 Å². The third kappa shape index (κ3) is 5.44. The summed E-state index contributed by atoms with van der Waals surface area (Å²) in [6.45, 7) is 9.75. The van der Waals surface area contributed by atoms with Gasteiger partial charge in [-0.2, -0.15) is 4.98 Å². The number of piperidine rings is 1. The monoisotopic (exact) mass is 365 g/mol. The van der Waals surface area contributed by atoms with E-state index in [0.29, 0.717) is 37.8 Å². The van der Waals surface area contributed by atoms with Crippen LogP contribution in [0, 0.1) is 5.92 Å². The predicted octanol–water partition coefficient (Wildman–Crippen LogP) is 2.02. The Bertz CT molecular complexity index is 606. The van der Waals surface area contributed by atoms with Gasteiger partial charge in [0, 0.05) is 51.0 Å². The summed E-state index contributed by atoms with van der Waals surface area (Å²) in [7, 11) is 1.76. The molecule has 1 aromatic rings. The maximum absolute atomic E-state index is 12.3. The molecule has 1 N–H and O–H groups in total. The number of hydrogen-bond donors (Lipinski definition) is 1. The summed E-state index contributed by atoms with van der Waals surface area (Å²) in [6, 6.07) is 0.00472. The lowest BCUT2D eigenvalue weighted by Gasteiger charge is -2.34. The van der Waals surface area contributed by atoms with Crippen LogP contribution in [0.25, 0.3) is 0 Å². The van der Waals surface area contributed by atoms with Crippen molar-refractivity contribution < 1.29 is 14.1 Å². The fourth-order valence-electron chi connectivity index (χ4n) is 2.87. The van der Waals surface area contributed by atoms with E-state index in [1.807, 2.05) is 32.6 Å². The molecule has 0 saturated carbocycles. The lowest BCUT2D eigenvalue weighted by atomic mass is 10.0. The number of hydrogen-bond acceptors (Lipinski definition) is 5. The van der Waals surface area contributed by atoms with Crippen LogP contribution in [0.3, 0.4) is 0 Å². The van der Waals surface area contributed by atoms with Crippen molar-refractivity contribution in [2.45, 2.75) is 58.9 Å². The predicted molar refractivity (Wildman–Crippen MR) is 97.7 cm³/mol. The number of aromatic nitrogens is 2. The molecule has 0 unspecified atom stereocenters. The standard InChI is InChI=1S/C18H31N5O3/c1-12(2)16-20-15(21-26-16)8-9-22(5)18(25)19-14-6-10-23(11-7-14)17(24)13(3)4/h12-14H,6-11H2,1-5H3,(H,19,25). The van der Waals surface area contributed by atoms with Crippen molar-refractivity contribution >= 4 is 11.9 Å². The van der Waals surface area contributed by atoms with Gasteiger partial charge in [0.1, 0.15) is 0 Å². The van der Waals surface area contributed by atoms with Crippen molar-refractivity contribution in [2.75, 3.05) is 26.7 Å². The van der Waals surface area contributed by atoms with E-state index in [2.05, 4.69) is 15.5 Å². The van der Waals surface area contributed by atoms with Gasteiger partial charge >= 0.3 is 6.03 Å². The number of carbonyl (C=O) groups is 2. The Morgan fingerprint density at radius 2 is 1.92 bits per heavy atom. The van der Waals surface area contributed by atoms with Crippen LogP contribution in [-0.2, 0) is 11.2 Å². The molecule has 146 valence electrons. The number of carbonyl (C=O) groups excluding carboxylic acids is 2. The zero-order chi connectivity index (χ0) is 19.3. The fraction of sp³-hybridized carbons (Fsp3) is 0.778. The summed E-state index contributed by atoms with van der Waals surface area (Å²) in [5, 5.41) is 6.99. The minimum absolute atomic E-state index is 0.0219. The maximum atomic E-state index is 12.3. The van der Waals surface area contributed by atoms with Crippen LogP contribution >= 0.6 is 0 Å². The number of rotatable bonds is 6. The minimum Gasteiger partial charge on any atom is -0.342 e. The molecule has 8 heteroatoms. The maximum Gasteiger partial charge on any atom is 0.317 e. The van der Waals surface area contributed by atoms with Crippen LogP contribution in [0.4, 0.5) is 4.79 Å². The molecule has 1 saturated heterocycles. The SMILES string of the molecule is CC(C)C(=O)N1CCC(NC(=O)N(C)CCc2noc(C(C)C)n2)CC1. The van der Waals surface area contributed by atoms with Crippen LogP contribution < -0.4 is 5.32 Å². The van der Waals surface area contributed by atoms with Crippen LogP contribution in [0.15, 0.2) is 4.52 Å². The first-order chi connectivity index (χ1) is 12.3. The molecule has 0 aromatic carbocycles. The number of likely N-dealkylation sites (N-methyl/N-ethyl adjacent to an activating group) is 1. The minimum atomic E-state index is -0.105. The average molecular weight is 365 g/mol. The molecular formula is C18H31N5O3. The van der Waals surface area contributed by atoms with Gasteiger partial charge in [-0.1, -0.05) is 32.9 Å². The molecule has 1 aliphatic rings. The lowest BCUT2D eigenvalue weighted by molar-refractivity contribution is -0.135. The number of nitrogens with zero attached hydrogens (tertiary/aromatic N) is 4. The van der Waals surface area contributed by atoms with Gasteiger partial charge in [-0.25, -0.2) is 4.79 Å². The Morgan fingerprint density at radius 1 is 1.27 bits per heavy atom. The second-order valence-electron chi connectivity index (χ2n) is 7.58. The van der Waals surface area contributed by atoms with Gasteiger partial charge < -0.3 is 19.6 Å². The fourth-order valence-corrected chi connectivity index (χ4v) is 2.87. The summed E-state index contributed by atoms with van der Waals surface area (Å²) >= 11 is 0. The summed E-state index contributed by atoms with van der Waals surface area (Å²) in [5.41, 5.74) is 0. The zero-order valence-electron chi connectivity index (χ0n) is 16.5. The van der Waals surface area contributed by atoms with E-state index in [0.717, 1.165) is 12.8 Å². The average Bonchev–Trinajstić information content (AvgIpc) is 3.09. The van der Waals surface area contributed by atoms with Crippen LogP contribution in [-0.4, -0.2) is 64.6 Å². The van der Waals surface area contributed by atoms with E-state index < -0.39 is 0 Å². The van der Waals surface area contributed by atoms with Crippen LogP contribution in [0.2, 0.25) is 0 Å². The number of likely N-dealkylation sites (tertiary alicyclic amines) is 1. The second-order valence-corrected chi connectivity index (χ2v) is 7.58. The second kappa shape index (κ2) is 9.00. The lowest BCUT2D eigenvalue weighted by Crippen LogP contribution is -2.50. The van der Waals surface area contributed by atoms with E-state index in [1.165, 1.54) is 0 Å². The highest BCUT2D eigenvalue weighted by atomic mass is 16.5. The highest BCUT2D eigenvalue weighted by Gasteiger charge is 2.25. The third-order valence-corrected chi connectivity index (χ3v) is 4.62. The van der Waals surface area contributed by atoms with E-state index in [1.54, 1.807) is 11.9 Å². The third-order valence-electron chi connectivity index (χ3n) is 4.62. The van der Waals surface area contributed by atoms with Gasteiger partial charge in [0.15, 0.2) is 5.82 Å². The summed E-state index contributed by atoms with van der Waals surface area (Å²) in [6.07, 6.45) is 2.14. The van der Waals surface area contributed by atoms with Gasteiger partial charge in [-0.15, -0.1) is 0 Å². The first kappa shape index (κ1) is 20.2. The van der Waals surface area contributed by atoms with Crippen molar-refractivity contribution in [3.05, 3.63) is 11.7 Å². The van der Waals surface area contributed by atoms with Crippen molar-refractivity contribution in [2.24, 2.45) is 5.92 Å². The van der Waals surface area contributed by atoms with Gasteiger partial charge in [0.2, 0.25) is 11.8 Å². The summed E-state index contributed by atoms with van der Waals surface area (Å²) < 4.78 is 5.17. The van der Waals surface area contributed by atoms with Gasteiger partial charge in [-0.3, -0.25) is 4.79 Å². The number of amides is 3. The first-order valence-electron chi connectivity index (χ1n) is 9.40. The summed E-state index contributed by atoms with van der Waals surface area (Å²) in [4.78, 5) is 32.2. The molecule has 0 radical (unpaired) electrons. The van der Waals surface area contributed by atoms with E-state index in [4.69, 9.17) is 4.52 Å². The van der Waals surface area contributed by atoms with Crippen molar-refractivity contribution in [3.8, 4) is 0 Å². The Labute approximate surface area is 155 Å².